The van der Waals surface area contributed by atoms with Crippen molar-refractivity contribution in [3.63, 3.8) is 0 Å². The highest BCUT2D eigenvalue weighted by Gasteiger charge is 2.35. The van der Waals surface area contributed by atoms with E-state index in [4.69, 9.17) is 11.0 Å². The van der Waals surface area contributed by atoms with Crippen molar-refractivity contribution in [1.82, 2.24) is 25.3 Å². The van der Waals surface area contributed by atoms with Gasteiger partial charge in [-0.1, -0.05) is 0 Å². The number of anilines is 1. The molecule has 3 heterocycles. The van der Waals surface area contributed by atoms with Crippen LogP contribution in [0.2, 0.25) is 0 Å². The monoisotopic (exact) mass is 335 g/mol. The van der Waals surface area contributed by atoms with Gasteiger partial charge < -0.3 is 5.73 Å². The Morgan fingerprint density at radius 1 is 1.29 bits per heavy atom. The van der Waals surface area contributed by atoms with Gasteiger partial charge in [-0.3, -0.25) is 0 Å². The van der Waals surface area contributed by atoms with E-state index in [0.717, 1.165) is 0 Å². The van der Waals surface area contributed by atoms with Gasteiger partial charge in [-0.25, -0.2) is 19.6 Å². The topological polar surface area (TPSA) is 127 Å². The number of hydrogen-bond acceptors (Lipinski definition) is 8. The molecule has 11 heteroatoms. The van der Waals surface area contributed by atoms with Crippen LogP contribution in [0.4, 0.5) is 18.9 Å². The van der Waals surface area contributed by atoms with E-state index in [1.54, 1.807) is 6.92 Å². The van der Waals surface area contributed by atoms with Crippen molar-refractivity contribution in [2.45, 2.75) is 19.5 Å². The molecule has 122 valence electrons. The molecular formula is C13H8F3N7O. The molecule has 0 bridgehead atoms. The Morgan fingerprint density at radius 3 is 2.71 bits per heavy atom. The smallest absolute Gasteiger partial charge is 0.396 e. The molecule has 0 saturated carbocycles. The number of nitriles is 1. The maximum Gasteiger partial charge on any atom is 0.420 e. The lowest BCUT2D eigenvalue weighted by Crippen LogP contribution is -2.13. The first-order valence-electron chi connectivity index (χ1n) is 6.51. The molecule has 24 heavy (non-hydrogen) atoms. The van der Waals surface area contributed by atoms with Gasteiger partial charge >= 0.3 is 6.18 Å². The Bertz CT molecular complexity index is 974. The van der Waals surface area contributed by atoms with E-state index < -0.39 is 17.4 Å². The zero-order chi connectivity index (χ0) is 17.5. The van der Waals surface area contributed by atoms with Gasteiger partial charge in [0.25, 0.3) is 0 Å². The summed E-state index contributed by atoms with van der Waals surface area (Å²) in [5.74, 6) is 0.00644. The molecule has 0 aliphatic rings. The molecule has 8 nitrogen and oxygen atoms in total. The van der Waals surface area contributed by atoms with Crippen LogP contribution in [0.15, 0.2) is 10.8 Å². The average molecular weight is 335 g/mol. The minimum Gasteiger partial charge on any atom is -0.396 e. The fraction of sp³-hybridized carbons (Fsp3) is 0.231. The van der Waals surface area contributed by atoms with Crippen molar-refractivity contribution in [3.8, 4) is 6.07 Å². The van der Waals surface area contributed by atoms with E-state index in [1.165, 1.54) is 6.07 Å². The molecule has 3 aromatic heterocycles. The Labute approximate surface area is 132 Å². The van der Waals surface area contributed by atoms with Crippen molar-refractivity contribution < 1.29 is 17.8 Å². The van der Waals surface area contributed by atoms with E-state index in [2.05, 4.69) is 29.9 Å². The van der Waals surface area contributed by atoms with Gasteiger partial charge in [0.2, 0.25) is 5.65 Å². The summed E-state index contributed by atoms with van der Waals surface area (Å²) in [5.41, 5.74) is 5.68. The summed E-state index contributed by atoms with van der Waals surface area (Å²) in [5, 5.41) is 16.1. The lowest BCUT2D eigenvalue weighted by atomic mass is 10.1. The normalized spacial score (nSPS) is 11.6. The first kappa shape index (κ1) is 15.6. The predicted molar refractivity (Wildman–Crippen MR) is 73.3 cm³/mol. The maximum absolute atomic E-state index is 12.8. The number of nitrogen functional groups attached to an aromatic ring is 1. The number of nitrogens with zero attached hydrogens (tertiary/aromatic N) is 6. The number of rotatable bonds is 2. The number of aryl methyl sites for hydroxylation is 1. The second-order valence-corrected chi connectivity index (χ2v) is 4.86. The third-order valence-electron chi connectivity index (χ3n) is 3.35. The number of hydrogen-bond donors (Lipinski definition) is 1. The number of fused-ring (bicyclic) bond motifs is 1. The summed E-state index contributed by atoms with van der Waals surface area (Å²) in [4.78, 5) is 11.5. The van der Waals surface area contributed by atoms with Crippen LogP contribution in [0.5, 0.6) is 0 Å². The van der Waals surface area contributed by atoms with Crippen molar-refractivity contribution in [1.29, 1.82) is 5.26 Å². The lowest BCUT2D eigenvalue weighted by Gasteiger charge is -2.10. The molecule has 0 fully saturated rings. The zero-order valence-electron chi connectivity index (χ0n) is 12.1. The average Bonchev–Trinajstić information content (AvgIpc) is 2.98. The van der Waals surface area contributed by atoms with Crippen LogP contribution in [0, 0.1) is 18.3 Å². The second kappa shape index (κ2) is 5.41. The molecule has 0 spiro atoms. The van der Waals surface area contributed by atoms with Crippen molar-refractivity contribution in [2.75, 3.05) is 5.73 Å². The molecule has 0 atom stereocenters. The molecule has 0 unspecified atom stereocenters. The third kappa shape index (κ3) is 2.58. The Morgan fingerprint density at radius 2 is 2.04 bits per heavy atom. The molecule has 0 radical (unpaired) electrons. The van der Waals surface area contributed by atoms with E-state index in [-0.39, 0.29) is 29.1 Å². The highest BCUT2D eigenvalue weighted by atomic mass is 19.4. The summed E-state index contributed by atoms with van der Waals surface area (Å²) >= 11 is 0. The van der Waals surface area contributed by atoms with Gasteiger partial charge in [0.1, 0.15) is 17.5 Å². The predicted octanol–water partition coefficient (Wildman–Crippen LogP) is 1.78. The highest BCUT2D eigenvalue weighted by molar-refractivity contribution is 5.85. The van der Waals surface area contributed by atoms with E-state index >= 15 is 0 Å². The summed E-state index contributed by atoms with van der Waals surface area (Å²) in [7, 11) is 0. The van der Waals surface area contributed by atoms with Gasteiger partial charge in [0.15, 0.2) is 11.2 Å². The molecule has 0 saturated heterocycles. The highest BCUT2D eigenvalue weighted by Crippen LogP contribution is 2.31. The Hall–Kier alpha value is -3.29. The summed E-state index contributed by atoms with van der Waals surface area (Å²) in [6, 6.07) is 1.43. The third-order valence-corrected chi connectivity index (χ3v) is 3.35. The van der Waals surface area contributed by atoms with Crippen LogP contribution < -0.4 is 5.73 Å². The fourth-order valence-corrected chi connectivity index (χ4v) is 2.17. The maximum atomic E-state index is 12.8. The molecule has 2 N–H and O–H groups in total. The van der Waals surface area contributed by atoms with E-state index in [1.807, 2.05) is 0 Å². The summed E-state index contributed by atoms with van der Waals surface area (Å²) < 4.78 is 42.9. The summed E-state index contributed by atoms with van der Waals surface area (Å²) in [6.07, 6.45) is -4.14. The standard InChI is InChI=1S/C13H8F3N7O/c1-5-6(10(18)11-12(20-5)23-24-22-11)2-9-19-4-7(13(14,15)16)8(3-17)21-9/h4H,2,18H2,1H3. The Balaban J connectivity index is 2.05. The van der Waals surface area contributed by atoms with Gasteiger partial charge in [-0.05, 0) is 17.2 Å². The van der Waals surface area contributed by atoms with Crippen LogP contribution in [0.1, 0.15) is 28.3 Å². The van der Waals surface area contributed by atoms with Gasteiger partial charge in [-0.2, -0.15) is 18.4 Å². The van der Waals surface area contributed by atoms with Crippen molar-refractivity contribution in [2.24, 2.45) is 0 Å². The first-order chi connectivity index (χ1) is 11.3. The summed E-state index contributed by atoms with van der Waals surface area (Å²) in [6.45, 7) is 1.65. The Kier molecular flexibility index (Phi) is 3.52. The van der Waals surface area contributed by atoms with Crippen molar-refractivity contribution >= 4 is 16.9 Å². The largest absolute Gasteiger partial charge is 0.420 e. The van der Waals surface area contributed by atoms with E-state index in [9.17, 15) is 13.2 Å². The molecule has 3 rings (SSSR count). The van der Waals surface area contributed by atoms with Crippen LogP contribution >= 0.6 is 0 Å². The van der Waals surface area contributed by atoms with Crippen LogP contribution in [0.3, 0.4) is 0 Å². The molecule has 3 aromatic rings. The minimum absolute atomic E-state index is 0.00644. The number of halogens is 3. The molecule has 0 aliphatic heterocycles. The van der Waals surface area contributed by atoms with Crippen LogP contribution in [0.25, 0.3) is 11.2 Å². The number of aromatic nitrogens is 5. The molecule has 0 aliphatic carbocycles. The molecule has 0 aromatic carbocycles. The van der Waals surface area contributed by atoms with Gasteiger partial charge in [-0.15, -0.1) is 0 Å². The second-order valence-electron chi connectivity index (χ2n) is 4.86. The molecular weight excluding hydrogens is 327 g/mol. The van der Waals surface area contributed by atoms with Crippen molar-refractivity contribution in [3.05, 3.63) is 34.5 Å². The zero-order valence-corrected chi connectivity index (χ0v) is 12.1. The number of alkyl halides is 3. The van der Waals surface area contributed by atoms with E-state index in [0.29, 0.717) is 17.5 Å². The number of nitrogens with two attached hydrogens (primary N) is 1. The SMILES string of the molecule is Cc1nc2nonc2c(N)c1Cc1ncc(C(F)(F)F)c(C#N)n1. The molecule has 0 amide bonds. The van der Waals surface area contributed by atoms with Gasteiger partial charge in [0, 0.05) is 23.9 Å². The van der Waals surface area contributed by atoms with Crippen LogP contribution in [-0.4, -0.2) is 25.3 Å². The van der Waals surface area contributed by atoms with Gasteiger partial charge in [0.05, 0.1) is 5.69 Å². The number of pyridine rings is 1. The lowest BCUT2D eigenvalue weighted by molar-refractivity contribution is -0.138. The fourth-order valence-electron chi connectivity index (χ4n) is 2.17. The minimum atomic E-state index is -4.70. The first-order valence-corrected chi connectivity index (χ1v) is 6.51. The quantitative estimate of drug-likeness (QED) is 0.750. The van der Waals surface area contributed by atoms with Crippen LogP contribution in [-0.2, 0) is 12.6 Å².